The highest BCUT2D eigenvalue weighted by atomic mass is 127. The lowest BCUT2D eigenvalue weighted by Gasteiger charge is -2.12. The second-order valence-corrected chi connectivity index (χ2v) is 4.02. The second-order valence-electron chi connectivity index (χ2n) is 4.02. The number of aliphatic imine (C=N–C) groups is 1. The van der Waals surface area contributed by atoms with Crippen molar-refractivity contribution in [2.45, 2.75) is 33.0 Å². The molecule has 0 aliphatic rings. The van der Waals surface area contributed by atoms with E-state index in [0.29, 0.717) is 18.3 Å². The Morgan fingerprint density at radius 1 is 1.30 bits per heavy atom. The van der Waals surface area contributed by atoms with Crippen LogP contribution in [0.4, 0.5) is 13.2 Å². The SMILES string of the molecule is CN=C(NCCC(F)(F)F)NCc1c(C)noc1C.I. The smallest absolute Gasteiger partial charge is 0.361 e. The summed E-state index contributed by atoms with van der Waals surface area (Å²) in [5.41, 5.74) is 1.62. The van der Waals surface area contributed by atoms with Crippen molar-refractivity contribution in [3.8, 4) is 0 Å². The molecule has 0 spiro atoms. The van der Waals surface area contributed by atoms with E-state index in [1.807, 2.05) is 0 Å². The van der Waals surface area contributed by atoms with E-state index in [1.165, 1.54) is 7.05 Å². The van der Waals surface area contributed by atoms with Gasteiger partial charge in [0.1, 0.15) is 5.76 Å². The van der Waals surface area contributed by atoms with Gasteiger partial charge in [0, 0.05) is 25.7 Å². The van der Waals surface area contributed by atoms with Gasteiger partial charge >= 0.3 is 6.18 Å². The molecule has 0 aliphatic heterocycles. The van der Waals surface area contributed by atoms with Crippen LogP contribution in [0.25, 0.3) is 0 Å². The molecule has 1 heterocycles. The van der Waals surface area contributed by atoms with Crippen molar-refractivity contribution in [2.75, 3.05) is 13.6 Å². The van der Waals surface area contributed by atoms with Gasteiger partial charge in [-0.3, -0.25) is 4.99 Å². The molecule has 0 fully saturated rings. The van der Waals surface area contributed by atoms with Crippen LogP contribution in [0.2, 0.25) is 0 Å². The number of nitrogens with one attached hydrogen (secondary N) is 2. The molecule has 0 bridgehead atoms. The highest BCUT2D eigenvalue weighted by Gasteiger charge is 2.26. The van der Waals surface area contributed by atoms with Crippen LogP contribution in [0.15, 0.2) is 9.52 Å². The molecule has 0 aromatic carbocycles. The molecule has 0 aliphatic carbocycles. The van der Waals surface area contributed by atoms with Gasteiger partial charge in [0.2, 0.25) is 0 Å². The third kappa shape index (κ3) is 6.44. The third-order valence-electron chi connectivity index (χ3n) is 2.54. The van der Waals surface area contributed by atoms with E-state index in [4.69, 9.17) is 4.52 Å². The summed E-state index contributed by atoms with van der Waals surface area (Å²) in [6, 6.07) is 0. The van der Waals surface area contributed by atoms with Crippen LogP contribution in [-0.4, -0.2) is 30.9 Å². The first-order valence-corrected chi connectivity index (χ1v) is 5.76. The van der Waals surface area contributed by atoms with Gasteiger partial charge in [-0.25, -0.2) is 0 Å². The van der Waals surface area contributed by atoms with Gasteiger partial charge in [0.25, 0.3) is 0 Å². The Hall–Kier alpha value is -1.00. The summed E-state index contributed by atoms with van der Waals surface area (Å²) in [6.07, 6.45) is -5.08. The van der Waals surface area contributed by atoms with Crippen molar-refractivity contribution in [1.82, 2.24) is 15.8 Å². The van der Waals surface area contributed by atoms with E-state index in [9.17, 15) is 13.2 Å². The topological polar surface area (TPSA) is 62.5 Å². The number of aryl methyl sites for hydroxylation is 2. The van der Waals surface area contributed by atoms with Gasteiger partial charge < -0.3 is 15.2 Å². The molecule has 116 valence electrons. The number of guanidine groups is 1. The van der Waals surface area contributed by atoms with E-state index in [-0.39, 0.29) is 30.5 Å². The zero-order valence-corrected chi connectivity index (χ0v) is 13.8. The van der Waals surface area contributed by atoms with Crippen molar-refractivity contribution in [3.05, 3.63) is 17.0 Å². The van der Waals surface area contributed by atoms with Crippen LogP contribution in [0, 0.1) is 13.8 Å². The number of hydrogen-bond acceptors (Lipinski definition) is 3. The summed E-state index contributed by atoms with van der Waals surface area (Å²) in [5, 5.41) is 9.30. The maximum absolute atomic E-state index is 12.0. The largest absolute Gasteiger partial charge is 0.390 e. The predicted octanol–water partition coefficient (Wildman–Crippen LogP) is 2.53. The summed E-state index contributed by atoms with van der Waals surface area (Å²) in [6.45, 7) is 3.75. The van der Waals surface area contributed by atoms with Crippen LogP contribution in [-0.2, 0) is 6.54 Å². The van der Waals surface area contributed by atoms with E-state index in [1.54, 1.807) is 13.8 Å². The highest BCUT2D eigenvalue weighted by Crippen LogP contribution is 2.18. The summed E-state index contributed by atoms with van der Waals surface area (Å²) in [4.78, 5) is 3.84. The van der Waals surface area contributed by atoms with Gasteiger partial charge in [0.05, 0.1) is 12.1 Å². The zero-order chi connectivity index (χ0) is 14.5. The lowest BCUT2D eigenvalue weighted by atomic mass is 10.2. The Bertz CT molecular complexity index is 426. The fourth-order valence-electron chi connectivity index (χ4n) is 1.47. The van der Waals surface area contributed by atoms with Crippen LogP contribution in [0.3, 0.4) is 0 Å². The molecule has 5 nitrogen and oxygen atoms in total. The number of nitrogens with zero attached hydrogens (tertiary/aromatic N) is 2. The van der Waals surface area contributed by atoms with E-state index >= 15 is 0 Å². The van der Waals surface area contributed by atoms with E-state index in [2.05, 4.69) is 20.8 Å². The average Bonchev–Trinajstić information content (AvgIpc) is 2.62. The standard InChI is InChI=1S/C11H17F3N4O.HI/c1-7-9(8(2)19-18-7)6-17-10(15-3)16-5-4-11(12,13)14;/h4-6H2,1-3H3,(H2,15,16,17);1H. The first-order valence-electron chi connectivity index (χ1n) is 5.76. The number of halogens is 4. The molecule has 0 radical (unpaired) electrons. The summed E-state index contributed by atoms with van der Waals surface area (Å²) in [5.74, 6) is 0.986. The van der Waals surface area contributed by atoms with E-state index in [0.717, 1.165) is 11.3 Å². The Kier molecular flexibility index (Phi) is 7.91. The molecule has 1 rings (SSSR count). The Morgan fingerprint density at radius 2 is 1.95 bits per heavy atom. The lowest BCUT2D eigenvalue weighted by Crippen LogP contribution is -2.38. The van der Waals surface area contributed by atoms with Crippen LogP contribution in [0.1, 0.15) is 23.4 Å². The van der Waals surface area contributed by atoms with Crippen LogP contribution >= 0.6 is 24.0 Å². The third-order valence-corrected chi connectivity index (χ3v) is 2.54. The average molecular weight is 406 g/mol. The number of rotatable bonds is 4. The predicted molar refractivity (Wildman–Crippen MR) is 80.3 cm³/mol. The molecule has 0 saturated carbocycles. The molecular formula is C11H18F3IN4O. The van der Waals surface area contributed by atoms with Crippen molar-refractivity contribution in [3.63, 3.8) is 0 Å². The number of alkyl halides is 3. The van der Waals surface area contributed by atoms with Gasteiger partial charge in [-0.2, -0.15) is 13.2 Å². The minimum atomic E-state index is -4.17. The molecular weight excluding hydrogens is 388 g/mol. The number of aromatic nitrogens is 1. The zero-order valence-electron chi connectivity index (χ0n) is 11.5. The highest BCUT2D eigenvalue weighted by molar-refractivity contribution is 14.0. The maximum Gasteiger partial charge on any atom is 0.390 e. The summed E-state index contributed by atoms with van der Waals surface area (Å²) >= 11 is 0. The molecule has 2 N–H and O–H groups in total. The van der Waals surface area contributed by atoms with Gasteiger partial charge in [-0.15, -0.1) is 24.0 Å². The Labute approximate surface area is 132 Å². The van der Waals surface area contributed by atoms with Gasteiger partial charge in [-0.1, -0.05) is 5.16 Å². The van der Waals surface area contributed by atoms with Gasteiger partial charge in [0.15, 0.2) is 5.96 Å². The Balaban J connectivity index is 0.00000361. The monoisotopic (exact) mass is 406 g/mol. The molecule has 0 atom stereocenters. The fourth-order valence-corrected chi connectivity index (χ4v) is 1.47. The Morgan fingerprint density at radius 3 is 2.40 bits per heavy atom. The minimum Gasteiger partial charge on any atom is -0.361 e. The quantitative estimate of drug-likeness (QED) is 0.459. The normalized spacial score (nSPS) is 12.0. The molecule has 0 amide bonds. The molecule has 9 heteroatoms. The maximum atomic E-state index is 12.0. The van der Waals surface area contributed by atoms with Crippen molar-refractivity contribution in [1.29, 1.82) is 0 Å². The molecule has 1 aromatic heterocycles. The minimum absolute atomic E-state index is 0. The second kappa shape index (κ2) is 8.32. The van der Waals surface area contributed by atoms with Crippen molar-refractivity contribution < 1.29 is 17.7 Å². The van der Waals surface area contributed by atoms with Crippen molar-refractivity contribution >= 4 is 29.9 Å². The van der Waals surface area contributed by atoms with Gasteiger partial charge in [-0.05, 0) is 13.8 Å². The first-order chi connectivity index (χ1) is 8.83. The first kappa shape index (κ1) is 19.0. The molecule has 1 aromatic rings. The van der Waals surface area contributed by atoms with Crippen LogP contribution < -0.4 is 10.6 Å². The number of hydrogen-bond donors (Lipinski definition) is 2. The summed E-state index contributed by atoms with van der Waals surface area (Å²) in [7, 11) is 1.50. The summed E-state index contributed by atoms with van der Waals surface area (Å²) < 4.78 is 41.0. The lowest BCUT2D eigenvalue weighted by molar-refractivity contribution is -0.132. The molecule has 20 heavy (non-hydrogen) atoms. The molecule has 0 unspecified atom stereocenters. The van der Waals surface area contributed by atoms with Crippen molar-refractivity contribution in [2.24, 2.45) is 4.99 Å². The van der Waals surface area contributed by atoms with Crippen LogP contribution in [0.5, 0.6) is 0 Å². The van der Waals surface area contributed by atoms with E-state index < -0.39 is 12.6 Å². The fraction of sp³-hybridized carbons (Fsp3) is 0.636. The molecule has 0 saturated heterocycles.